The maximum Gasteiger partial charge on any atom is 0.231 e. The van der Waals surface area contributed by atoms with Gasteiger partial charge in [0, 0.05) is 15.8 Å². The fourth-order valence-electron chi connectivity index (χ4n) is 2.92. The van der Waals surface area contributed by atoms with Crippen LogP contribution in [0.25, 0.3) is 17.3 Å². The molecular weight excluding hydrogens is 424 g/mol. The third-order valence-corrected chi connectivity index (χ3v) is 6.07. The zero-order valence-corrected chi connectivity index (χ0v) is 17.1. The predicted molar refractivity (Wildman–Crippen MR) is 118 cm³/mol. The highest BCUT2D eigenvalue weighted by Crippen LogP contribution is 2.35. The third-order valence-electron chi connectivity index (χ3n) is 4.38. The van der Waals surface area contributed by atoms with E-state index in [1.807, 2.05) is 23.6 Å². The van der Waals surface area contributed by atoms with Crippen LogP contribution < -0.4 is 20.3 Å². The number of aromatic nitrogens is 1. The molecule has 10 heteroatoms. The average Bonchev–Trinajstić information content (AvgIpc) is 3.49. The van der Waals surface area contributed by atoms with Crippen LogP contribution in [0.3, 0.4) is 0 Å². The summed E-state index contributed by atoms with van der Waals surface area (Å²) in [4.78, 5) is 10.1. The molecule has 0 amide bonds. The standard InChI is InChI=1S/C20H16N4O4S2/c25-15-3-2-12(7-16(15)26)14-9-29-20(22-14)24-23-19-21-8-13(30-19)5-11-1-4-17-18(6-11)28-10-27-17/h1-7,9,25-26H,8,10H2,(H,21,23)(H,22,24)/b13-5-. The van der Waals surface area contributed by atoms with Crippen molar-refractivity contribution in [3.8, 4) is 34.3 Å². The van der Waals surface area contributed by atoms with Crippen LogP contribution in [-0.2, 0) is 0 Å². The van der Waals surface area contributed by atoms with Crippen molar-refractivity contribution in [1.82, 2.24) is 10.4 Å². The van der Waals surface area contributed by atoms with Crippen LogP contribution in [0.15, 0.2) is 51.7 Å². The SMILES string of the molecule is Oc1ccc(-c2csc(NNC3=NC/C(=C/c4ccc5c(c4)OCO5)S3)n2)cc1O. The van der Waals surface area contributed by atoms with E-state index in [2.05, 4.69) is 26.9 Å². The molecule has 3 aromatic rings. The number of anilines is 1. The Kier molecular flexibility index (Phi) is 4.85. The molecule has 2 aromatic carbocycles. The quantitative estimate of drug-likeness (QED) is 0.356. The van der Waals surface area contributed by atoms with Crippen molar-refractivity contribution < 1.29 is 19.7 Å². The van der Waals surface area contributed by atoms with Crippen molar-refractivity contribution in [3.05, 3.63) is 52.2 Å². The average molecular weight is 441 g/mol. The number of nitrogens with zero attached hydrogens (tertiary/aromatic N) is 2. The van der Waals surface area contributed by atoms with Crippen LogP contribution in [0.2, 0.25) is 0 Å². The molecule has 0 bridgehead atoms. The number of nitrogens with one attached hydrogen (secondary N) is 2. The van der Waals surface area contributed by atoms with E-state index in [0.717, 1.165) is 32.7 Å². The lowest BCUT2D eigenvalue weighted by atomic mass is 10.1. The van der Waals surface area contributed by atoms with E-state index in [0.29, 0.717) is 17.4 Å². The first-order chi connectivity index (χ1) is 14.6. The summed E-state index contributed by atoms with van der Waals surface area (Å²) < 4.78 is 10.8. The molecule has 0 saturated carbocycles. The lowest BCUT2D eigenvalue weighted by Gasteiger charge is -2.05. The van der Waals surface area contributed by atoms with Gasteiger partial charge in [-0.2, -0.15) is 0 Å². The first-order valence-corrected chi connectivity index (χ1v) is 10.7. The number of rotatable bonds is 4. The fourth-order valence-corrected chi connectivity index (χ4v) is 4.40. The maximum atomic E-state index is 9.65. The van der Waals surface area contributed by atoms with Gasteiger partial charge in [0.2, 0.25) is 11.9 Å². The Morgan fingerprint density at radius 2 is 1.90 bits per heavy atom. The van der Waals surface area contributed by atoms with Crippen molar-refractivity contribution in [3.63, 3.8) is 0 Å². The molecule has 2 aliphatic rings. The summed E-state index contributed by atoms with van der Waals surface area (Å²) in [5, 5.41) is 22.4. The second-order valence-electron chi connectivity index (χ2n) is 6.44. The second-order valence-corrected chi connectivity index (χ2v) is 8.41. The number of fused-ring (bicyclic) bond motifs is 1. The van der Waals surface area contributed by atoms with Gasteiger partial charge in [-0.25, -0.2) is 4.98 Å². The number of hydrogen-bond acceptors (Lipinski definition) is 10. The monoisotopic (exact) mass is 440 g/mol. The molecule has 0 atom stereocenters. The summed E-state index contributed by atoms with van der Waals surface area (Å²) in [5.41, 5.74) is 8.58. The number of phenolic OH excluding ortho intramolecular Hbond substituents is 2. The van der Waals surface area contributed by atoms with Gasteiger partial charge in [-0.3, -0.25) is 15.8 Å². The summed E-state index contributed by atoms with van der Waals surface area (Å²) in [6, 6.07) is 10.5. The third kappa shape index (κ3) is 3.87. The number of thioether (sulfide) groups is 1. The summed E-state index contributed by atoms with van der Waals surface area (Å²) in [7, 11) is 0. The van der Waals surface area contributed by atoms with Gasteiger partial charge in [-0.15, -0.1) is 11.3 Å². The molecule has 2 aliphatic heterocycles. The summed E-state index contributed by atoms with van der Waals surface area (Å²) in [6.45, 7) is 0.859. The van der Waals surface area contributed by atoms with Gasteiger partial charge in [-0.05, 0) is 42.0 Å². The smallest absolute Gasteiger partial charge is 0.231 e. The van der Waals surface area contributed by atoms with Gasteiger partial charge >= 0.3 is 0 Å². The Hall–Kier alpha value is -3.37. The number of thiazole rings is 1. The minimum Gasteiger partial charge on any atom is -0.504 e. The van der Waals surface area contributed by atoms with E-state index in [4.69, 9.17) is 9.47 Å². The van der Waals surface area contributed by atoms with Gasteiger partial charge < -0.3 is 19.7 Å². The van der Waals surface area contributed by atoms with Crippen LogP contribution in [0.4, 0.5) is 5.13 Å². The van der Waals surface area contributed by atoms with Crippen molar-refractivity contribution in [2.45, 2.75) is 0 Å². The molecule has 1 aromatic heterocycles. The van der Waals surface area contributed by atoms with E-state index in [9.17, 15) is 10.2 Å². The summed E-state index contributed by atoms with van der Waals surface area (Å²) >= 11 is 2.97. The molecule has 0 aliphatic carbocycles. The van der Waals surface area contributed by atoms with E-state index in [1.54, 1.807) is 17.8 Å². The number of ether oxygens (including phenoxy) is 2. The van der Waals surface area contributed by atoms with Gasteiger partial charge in [0.25, 0.3) is 0 Å². The van der Waals surface area contributed by atoms with E-state index in [1.165, 1.54) is 23.5 Å². The Bertz CT molecular complexity index is 1180. The molecule has 8 nitrogen and oxygen atoms in total. The van der Waals surface area contributed by atoms with E-state index >= 15 is 0 Å². The van der Waals surface area contributed by atoms with Crippen LogP contribution >= 0.6 is 23.1 Å². The molecule has 0 unspecified atom stereocenters. The second kappa shape index (κ2) is 7.81. The van der Waals surface area contributed by atoms with E-state index in [-0.39, 0.29) is 18.3 Å². The number of benzene rings is 2. The molecule has 0 spiro atoms. The zero-order valence-electron chi connectivity index (χ0n) is 15.5. The molecule has 0 saturated heterocycles. The molecule has 0 radical (unpaired) electrons. The fraction of sp³-hybridized carbons (Fsp3) is 0.100. The first-order valence-electron chi connectivity index (χ1n) is 8.96. The number of aliphatic imine (C=N–C) groups is 1. The van der Waals surface area contributed by atoms with Crippen LogP contribution in [0.1, 0.15) is 5.56 Å². The number of hydrazine groups is 1. The predicted octanol–water partition coefficient (Wildman–Crippen LogP) is 4.01. The lowest BCUT2D eigenvalue weighted by molar-refractivity contribution is 0.174. The first kappa shape index (κ1) is 18.6. The normalized spacial score (nSPS) is 16.0. The van der Waals surface area contributed by atoms with Gasteiger partial charge in [0.1, 0.15) is 0 Å². The van der Waals surface area contributed by atoms with Crippen molar-refractivity contribution >= 4 is 39.5 Å². The molecular formula is C20H16N4O4S2. The van der Waals surface area contributed by atoms with E-state index < -0.39 is 0 Å². The molecule has 30 heavy (non-hydrogen) atoms. The minimum absolute atomic E-state index is 0.158. The Labute approximate surface area is 179 Å². The molecule has 3 heterocycles. The Balaban J connectivity index is 1.19. The Morgan fingerprint density at radius 3 is 2.80 bits per heavy atom. The largest absolute Gasteiger partial charge is 0.504 e. The maximum absolute atomic E-state index is 9.65. The van der Waals surface area contributed by atoms with Gasteiger partial charge in [-0.1, -0.05) is 17.8 Å². The van der Waals surface area contributed by atoms with Crippen LogP contribution in [0, 0.1) is 0 Å². The highest BCUT2D eigenvalue weighted by Gasteiger charge is 2.16. The Morgan fingerprint density at radius 1 is 1.00 bits per heavy atom. The number of aromatic hydroxyl groups is 2. The summed E-state index contributed by atoms with van der Waals surface area (Å²) in [5.74, 6) is 1.20. The summed E-state index contributed by atoms with van der Waals surface area (Å²) in [6.07, 6.45) is 2.07. The zero-order chi connectivity index (χ0) is 20.5. The number of hydrogen-bond donors (Lipinski definition) is 4. The molecule has 5 rings (SSSR count). The van der Waals surface area contributed by atoms with Crippen molar-refractivity contribution in [2.24, 2.45) is 4.99 Å². The number of phenols is 2. The molecule has 0 fully saturated rings. The lowest BCUT2D eigenvalue weighted by Crippen LogP contribution is -2.25. The van der Waals surface area contributed by atoms with Crippen LogP contribution in [-0.4, -0.2) is 33.7 Å². The van der Waals surface area contributed by atoms with Crippen LogP contribution in [0.5, 0.6) is 23.0 Å². The van der Waals surface area contributed by atoms with Gasteiger partial charge in [0.05, 0.1) is 12.2 Å². The highest BCUT2D eigenvalue weighted by atomic mass is 32.2. The van der Waals surface area contributed by atoms with Gasteiger partial charge in [0.15, 0.2) is 28.2 Å². The molecule has 4 N–H and O–H groups in total. The minimum atomic E-state index is -0.174. The number of amidine groups is 1. The molecule has 152 valence electrons. The topological polar surface area (TPSA) is 108 Å². The van der Waals surface area contributed by atoms with Crippen molar-refractivity contribution in [1.29, 1.82) is 0 Å². The highest BCUT2D eigenvalue weighted by molar-refractivity contribution is 8.17. The van der Waals surface area contributed by atoms with Crippen molar-refractivity contribution in [2.75, 3.05) is 18.8 Å².